The van der Waals surface area contributed by atoms with Gasteiger partial charge in [0.25, 0.3) is 0 Å². The summed E-state index contributed by atoms with van der Waals surface area (Å²) in [4.78, 5) is 0. The van der Waals surface area contributed by atoms with Gasteiger partial charge in [-0.1, -0.05) is 43.5 Å². The lowest BCUT2D eigenvalue weighted by Gasteiger charge is -2.28. The normalized spacial score (nSPS) is 15.4. The van der Waals surface area contributed by atoms with Gasteiger partial charge < -0.3 is 4.74 Å². The Morgan fingerprint density at radius 3 is 2.55 bits per heavy atom. The number of nitrogens with zero attached hydrogens (tertiary/aromatic N) is 1. The van der Waals surface area contributed by atoms with E-state index in [2.05, 4.69) is 0 Å². The van der Waals surface area contributed by atoms with Crippen LogP contribution < -0.4 is 4.74 Å². The molecule has 1 fully saturated rings. The lowest BCUT2D eigenvalue weighted by molar-refractivity contribution is -0.186. The van der Waals surface area contributed by atoms with Crippen LogP contribution in [0.25, 0.3) is 0 Å². The number of hydrogen-bond acceptors (Lipinski definition) is 2. The first-order chi connectivity index (χ1) is 13.9. The number of nitriles is 1. The Morgan fingerprint density at radius 1 is 1.14 bits per heavy atom. The molecule has 1 aliphatic carbocycles. The minimum absolute atomic E-state index is 0.0662. The maximum Gasteiger partial charge on any atom is 0.426 e. The van der Waals surface area contributed by atoms with Crippen molar-refractivity contribution in [1.29, 1.82) is 5.26 Å². The summed E-state index contributed by atoms with van der Waals surface area (Å²) in [6, 6.07) is 9.82. The molecular formula is C24H24F3NO. The van der Waals surface area contributed by atoms with Crippen LogP contribution in [0.5, 0.6) is 5.75 Å². The molecular weight excluding hydrogens is 375 g/mol. The van der Waals surface area contributed by atoms with Crippen LogP contribution in [0.1, 0.15) is 67.2 Å². The van der Waals surface area contributed by atoms with Crippen molar-refractivity contribution in [2.75, 3.05) is 0 Å². The number of rotatable bonds is 6. The number of ether oxygens (including phenoxy) is 1. The van der Waals surface area contributed by atoms with Gasteiger partial charge >= 0.3 is 6.11 Å². The van der Waals surface area contributed by atoms with Crippen LogP contribution in [-0.4, -0.2) is 0 Å². The first-order valence-corrected chi connectivity index (χ1v) is 9.95. The van der Waals surface area contributed by atoms with Gasteiger partial charge in [0.15, 0.2) is 0 Å². The highest BCUT2D eigenvalue weighted by atomic mass is 19.3. The maximum absolute atomic E-state index is 15.1. The van der Waals surface area contributed by atoms with E-state index >= 15 is 8.78 Å². The van der Waals surface area contributed by atoms with Gasteiger partial charge in [-0.15, -0.1) is 0 Å². The first kappa shape index (κ1) is 21.0. The third-order valence-electron chi connectivity index (χ3n) is 5.37. The molecule has 0 amide bonds. The number of alkyl halides is 2. The van der Waals surface area contributed by atoms with E-state index in [0.29, 0.717) is 12.0 Å². The fraction of sp³-hybridized carbons (Fsp3) is 0.375. The minimum Gasteiger partial charge on any atom is -0.429 e. The van der Waals surface area contributed by atoms with Crippen molar-refractivity contribution in [3.8, 4) is 11.8 Å². The van der Waals surface area contributed by atoms with Crippen molar-refractivity contribution >= 4 is 0 Å². The molecule has 0 heterocycles. The van der Waals surface area contributed by atoms with Crippen LogP contribution in [0.15, 0.2) is 48.6 Å². The molecule has 0 bridgehead atoms. The molecule has 0 aliphatic heterocycles. The highest BCUT2D eigenvalue weighted by Crippen LogP contribution is 2.41. The van der Waals surface area contributed by atoms with Gasteiger partial charge in [-0.3, -0.25) is 0 Å². The molecule has 29 heavy (non-hydrogen) atoms. The van der Waals surface area contributed by atoms with Gasteiger partial charge in [0.2, 0.25) is 0 Å². The molecule has 152 valence electrons. The standard InChI is InChI=1S/C24H24F3NO/c1-2-3-7-17-10-13-22(21(14-17)18-8-5-4-6-9-18)24(26,27)29-20-12-11-19(16-28)23(25)15-20/h2-3,10-15,18H,4-9H2,1H3/b3-2+. The summed E-state index contributed by atoms with van der Waals surface area (Å²) in [6.07, 6.45) is 5.94. The van der Waals surface area contributed by atoms with Crippen molar-refractivity contribution in [2.24, 2.45) is 0 Å². The van der Waals surface area contributed by atoms with Gasteiger partial charge in [-0.05, 0) is 61.4 Å². The van der Waals surface area contributed by atoms with Gasteiger partial charge in [0, 0.05) is 6.07 Å². The van der Waals surface area contributed by atoms with Gasteiger partial charge in [0.05, 0.1) is 11.1 Å². The van der Waals surface area contributed by atoms with Crippen LogP contribution in [0.3, 0.4) is 0 Å². The summed E-state index contributed by atoms with van der Waals surface area (Å²) in [5.74, 6) is -1.12. The predicted octanol–water partition coefficient (Wildman–Crippen LogP) is 6.99. The zero-order valence-electron chi connectivity index (χ0n) is 16.4. The second-order valence-corrected chi connectivity index (χ2v) is 7.40. The van der Waals surface area contributed by atoms with Crippen molar-refractivity contribution in [1.82, 2.24) is 0 Å². The number of hydrogen-bond donors (Lipinski definition) is 0. The minimum atomic E-state index is -3.60. The third kappa shape index (κ3) is 5.00. The largest absolute Gasteiger partial charge is 0.429 e. The lowest BCUT2D eigenvalue weighted by Crippen LogP contribution is -2.25. The zero-order chi connectivity index (χ0) is 20.9. The molecule has 0 saturated heterocycles. The molecule has 2 nitrogen and oxygen atoms in total. The van der Waals surface area contributed by atoms with Crippen LogP contribution in [0, 0.1) is 17.1 Å². The summed E-state index contributed by atoms with van der Waals surface area (Å²) in [6.45, 7) is 1.93. The number of allylic oxidation sites excluding steroid dienone is 2. The smallest absolute Gasteiger partial charge is 0.426 e. The summed E-state index contributed by atoms with van der Waals surface area (Å²) in [5, 5.41) is 8.80. The molecule has 3 rings (SSSR count). The Kier molecular flexibility index (Phi) is 6.64. The maximum atomic E-state index is 15.1. The second kappa shape index (κ2) is 9.17. The van der Waals surface area contributed by atoms with E-state index in [1.807, 2.05) is 25.1 Å². The van der Waals surface area contributed by atoms with E-state index in [1.54, 1.807) is 12.1 Å². The van der Waals surface area contributed by atoms with Gasteiger partial charge in [0.1, 0.15) is 17.6 Å². The van der Waals surface area contributed by atoms with Crippen molar-refractivity contribution in [3.63, 3.8) is 0 Å². The fourth-order valence-electron chi connectivity index (χ4n) is 3.86. The van der Waals surface area contributed by atoms with E-state index in [4.69, 9.17) is 10.00 Å². The molecule has 0 aromatic heterocycles. The molecule has 0 N–H and O–H groups in total. The highest BCUT2D eigenvalue weighted by Gasteiger charge is 2.39. The second-order valence-electron chi connectivity index (χ2n) is 7.40. The molecule has 0 unspecified atom stereocenters. The molecule has 0 radical (unpaired) electrons. The van der Waals surface area contributed by atoms with Crippen molar-refractivity contribution < 1.29 is 17.9 Å². The number of benzene rings is 2. The molecule has 2 aromatic rings. The predicted molar refractivity (Wildman–Crippen MR) is 106 cm³/mol. The van der Waals surface area contributed by atoms with Crippen LogP contribution in [-0.2, 0) is 12.5 Å². The fourth-order valence-corrected chi connectivity index (χ4v) is 3.86. The summed E-state index contributed by atoms with van der Waals surface area (Å²) >= 11 is 0. The van der Waals surface area contributed by atoms with Crippen LogP contribution in [0.2, 0.25) is 0 Å². The molecule has 2 aromatic carbocycles. The first-order valence-electron chi connectivity index (χ1n) is 9.95. The van der Waals surface area contributed by atoms with Crippen molar-refractivity contribution in [3.05, 3.63) is 76.6 Å². The van der Waals surface area contributed by atoms with Gasteiger partial charge in [-0.2, -0.15) is 14.0 Å². The molecule has 0 atom stereocenters. The average Bonchev–Trinajstić information content (AvgIpc) is 2.72. The highest BCUT2D eigenvalue weighted by molar-refractivity contribution is 5.40. The molecule has 5 heteroatoms. The quantitative estimate of drug-likeness (QED) is 0.490. The monoisotopic (exact) mass is 399 g/mol. The Morgan fingerprint density at radius 2 is 1.90 bits per heavy atom. The van der Waals surface area contributed by atoms with Crippen LogP contribution in [0.4, 0.5) is 13.2 Å². The van der Waals surface area contributed by atoms with Crippen molar-refractivity contribution in [2.45, 2.75) is 57.5 Å². The van der Waals surface area contributed by atoms with E-state index in [-0.39, 0.29) is 22.8 Å². The topological polar surface area (TPSA) is 33.0 Å². The summed E-state index contributed by atoms with van der Waals surface area (Å²) in [7, 11) is 0. The molecule has 0 spiro atoms. The zero-order valence-corrected chi connectivity index (χ0v) is 16.4. The Balaban J connectivity index is 1.95. The third-order valence-corrected chi connectivity index (χ3v) is 5.37. The average molecular weight is 399 g/mol. The van der Waals surface area contributed by atoms with Crippen LogP contribution >= 0.6 is 0 Å². The van der Waals surface area contributed by atoms with E-state index in [1.165, 1.54) is 12.1 Å². The summed E-state index contributed by atoms with van der Waals surface area (Å²) in [5.41, 5.74) is 1.22. The number of halogens is 3. The van der Waals surface area contributed by atoms with E-state index in [0.717, 1.165) is 49.8 Å². The SMILES string of the molecule is C/C=C/Cc1ccc(C(F)(F)Oc2ccc(C#N)c(F)c2)c(C2CCCCC2)c1. The van der Waals surface area contributed by atoms with E-state index < -0.39 is 11.9 Å². The molecule has 1 aliphatic rings. The van der Waals surface area contributed by atoms with E-state index in [9.17, 15) is 4.39 Å². The Hall–Kier alpha value is -2.74. The summed E-state index contributed by atoms with van der Waals surface area (Å²) < 4.78 is 49.0. The lowest BCUT2D eigenvalue weighted by atomic mass is 9.81. The van der Waals surface area contributed by atoms with Gasteiger partial charge in [-0.25, -0.2) is 4.39 Å². The molecule has 1 saturated carbocycles. The Bertz CT molecular complexity index is 924. The Labute approximate surface area is 169 Å².